The van der Waals surface area contributed by atoms with E-state index in [1.807, 2.05) is 23.1 Å². The van der Waals surface area contributed by atoms with E-state index >= 15 is 0 Å². The van der Waals surface area contributed by atoms with E-state index < -0.39 is 11.4 Å². The third kappa shape index (κ3) is 1.77. The van der Waals surface area contributed by atoms with Crippen LogP contribution in [-0.4, -0.2) is 41.6 Å². The molecule has 1 saturated heterocycles. The Morgan fingerprint density at radius 1 is 1.27 bits per heavy atom. The van der Waals surface area contributed by atoms with Gasteiger partial charge in [0.25, 0.3) is 0 Å². The van der Waals surface area contributed by atoms with Crippen LogP contribution in [0.1, 0.15) is 24.8 Å². The molecule has 0 aromatic heterocycles. The number of hydrogen-bond donors (Lipinski definition) is 1. The predicted octanol–water partition coefficient (Wildman–Crippen LogP) is 2.36. The summed E-state index contributed by atoms with van der Waals surface area (Å²) in [6, 6.07) is 7.94. The zero-order valence-electron chi connectivity index (χ0n) is 12.5. The number of urea groups is 1. The van der Waals surface area contributed by atoms with Crippen molar-refractivity contribution < 1.29 is 14.7 Å². The van der Waals surface area contributed by atoms with Crippen LogP contribution in [0, 0.1) is 11.3 Å². The lowest BCUT2D eigenvalue weighted by Gasteiger charge is -2.27. The van der Waals surface area contributed by atoms with Gasteiger partial charge in [0.1, 0.15) is 0 Å². The van der Waals surface area contributed by atoms with Crippen LogP contribution in [0.5, 0.6) is 0 Å². The number of benzene rings is 1. The van der Waals surface area contributed by atoms with Crippen molar-refractivity contribution in [3.05, 3.63) is 29.8 Å². The number of amides is 2. The first-order valence-corrected chi connectivity index (χ1v) is 7.99. The van der Waals surface area contributed by atoms with Crippen LogP contribution >= 0.6 is 0 Å². The minimum Gasteiger partial charge on any atom is -0.481 e. The molecule has 1 aliphatic carbocycles. The Morgan fingerprint density at radius 2 is 2.09 bits per heavy atom. The maximum atomic E-state index is 12.9. The maximum Gasteiger partial charge on any atom is 0.324 e. The maximum absolute atomic E-state index is 12.9. The van der Waals surface area contributed by atoms with Crippen LogP contribution in [0.15, 0.2) is 24.3 Å². The van der Waals surface area contributed by atoms with Gasteiger partial charge in [-0.25, -0.2) is 4.79 Å². The van der Waals surface area contributed by atoms with E-state index in [0.29, 0.717) is 26.1 Å². The van der Waals surface area contributed by atoms with Crippen LogP contribution in [-0.2, 0) is 11.2 Å². The first-order chi connectivity index (χ1) is 10.6. The molecule has 0 bridgehead atoms. The molecule has 1 saturated carbocycles. The number of hydrogen-bond acceptors (Lipinski definition) is 2. The lowest BCUT2D eigenvalue weighted by molar-refractivity contribution is -0.149. The van der Waals surface area contributed by atoms with E-state index in [2.05, 4.69) is 6.07 Å². The van der Waals surface area contributed by atoms with Gasteiger partial charge in [-0.15, -0.1) is 0 Å². The molecule has 5 heteroatoms. The van der Waals surface area contributed by atoms with Crippen LogP contribution in [0.3, 0.4) is 0 Å². The number of rotatable bonds is 1. The van der Waals surface area contributed by atoms with Gasteiger partial charge in [-0.1, -0.05) is 24.6 Å². The van der Waals surface area contributed by atoms with E-state index in [-0.39, 0.29) is 11.9 Å². The zero-order valence-corrected chi connectivity index (χ0v) is 12.5. The number of likely N-dealkylation sites (tertiary alicyclic amines) is 1. The van der Waals surface area contributed by atoms with Crippen molar-refractivity contribution >= 4 is 17.7 Å². The molecule has 5 nitrogen and oxygen atoms in total. The summed E-state index contributed by atoms with van der Waals surface area (Å²) in [5.41, 5.74) is 1.48. The smallest absolute Gasteiger partial charge is 0.324 e. The second kappa shape index (κ2) is 4.73. The molecule has 4 rings (SSSR count). The highest BCUT2D eigenvalue weighted by Gasteiger charge is 2.56. The van der Waals surface area contributed by atoms with Crippen LogP contribution < -0.4 is 4.90 Å². The van der Waals surface area contributed by atoms with E-state index in [0.717, 1.165) is 24.9 Å². The van der Waals surface area contributed by atoms with Gasteiger partial charge in [0.05, 0.1) is 5.41 Å². The Kier molecular flexibility index (Phi) is 2.93. The molecular weight excluding hydrogens is 280 g/mol. The number of anilines is 1. The van der Waals surface area contributed by atoms with Gasteiger partial charge in [-0.2, -0.15) is 0 Å². The van der Waals surface area contributed by atoms with E-state index in [9.17, 15) is 14.7 Å². The lowest BCUT2D eigenvalue weighted by Crippen LogP contribution is -2.43. The Labute approximate surface area is 129 Å². The van der Waals surface area contributed by atoms with E-state index in [4.69, 9.17) is 0 Å². The molecule has 1 aromatic rings. The number of aliphatic carboxylic acids is 1. The van der Waals surface area contributed by atoms with Gasteiger partial charge in [-0.3, -0.25) is 9.69 Å². The van der Waals surface area contributed by atoms with Crippen molar-refractivity contribution in [2.24, 2.45) is 11.3 Å². The number of para-hydroxylation sites is 1. The summed E-state index contributed by atoms with van der Waals surface area (Å²) in [5, 5.41) is 9.65. The molecule has 0 unspecified atom stereocenters. The van der Waals surface area contributed by atoms with Crippen molar-refractivity contribution in [1.29, 1.82) is 0 Å². The molecule has 2 atom stereocenters. The molecule has 2 aliphatic heterocycles. The SMILES string of the molecule is O=C(N1C[C@@H]2CCC[C@@]2(C(=O)O)C1)N1CCc2ccccc21. The monoisotopic (exact) mass is 300 g/mol. The minimum atomic E-state index is -0.730. The summed E-state index contributed by atoms with van der Waals surface area (Å²) in [5.74, 6) is -0.612. The van der Waals surface area contributed by atoms with Crippen LogP contribution in [0.2, 0.25) is 0 Å². The van der Waals surface area contributed by atoms with E-state index in [1.54, 1.807) is 4.90 Å². The second-order valence-corrected chi connectivity index (χ2v) is 6.74. The molecule has 116 valence electrons. The van der Waals surface area contributed by atoms with Crippen LogP contribution in [0.4, 0.5) is 10.5 Å². The predicted molar refractivity (Wildman–Crippen MR) is 81.9 cm³/mol. The molecule has 0 radical (unpaired) electrons. The summed E-state index contributed by atoms with van der Waals surface area (Å²) in [6.45, 7) is 1.65. The fourth-order valence-corrected chi connectivity index (χ4v) is 4.49. The highest BCUT2D eigenvalue weighted by molar-refractivity contribution is 5.95. The van der Waals surface area contributed by atoms with Crippen LogP contribution in [0.25, 0.3) is 0 Å². The van der Waals surface area contributed by atoms with Crippen molar-refractivity contribution in [3.63, 3.8) is 0 Å². The molecule has 2 fully saturated rings. The molecule has 1 N–H and O–H groups in total. The molecule has 1 aromatic carbocycles. The first-order valence-electron chi connectivity index (χ1n) is 7.99. The number of carboxylic acids is 1. The first kappa shape index (κ1) is 13.6. The third-order valence-corrected chi connectivity index (χ3v) is 5.69. The second-order valence-electron chi connectivity index (χ2n) is 6.74. The summed E-state index contributed by atoms with van der Waals surface area (Å²) in [4.78, 5) is 28.2. The third-order valence-electron chi connectivity index (χ3n) is 5.69. The van der Waals surface area contributed by atoms with E-state index in [1.165, 1.54) is 5.56 Å². The fraction of sp³-hybridized carbons (Fsp3) is 0.529. The number of carboxylic acid groups (broad SMARTS) is 1. The number of carbonyl (C=O) groups excluding carboxylic acids is 1. The largest absolute Gasteiger partial charge is 0.481 e. The van der Waals surface area contributed by atoms with Gasteiger partial charge in [-0.05, 0) is 36.8 Å². The Hall–Kier alpha value is -2.04. The van der Waals surface area contributed by atoms with Gasteiger partial charge in [0.15, 0.2) is 0 Å². The molecule has 2 heterocycles. The highest BCUT2D eigenvalue weighted by atomic mass is 16.4. The van der Waals surface area contributed by atoms with Crippen molar-refractivity contribution in [2.75, 3.05) is 24.5 Å². The molecule has 3 aliphatic rings. The van der Waals surface area contributed by atoms with Gasteiger partial charge in [0.2, 0.25) is 0 Å². The molecule has 2 amide bonds. The quantitative estimate of drug-likeness (QED) is 0.866. The molecular formula is C17H20N2O3. The molecule has 22 heavy (non-hydrogen) atoms. The zero-order chi connectivity index (χ0) is 15.3. The normalized spacial score (nSPS) is 29.5. The van der Waals surface area contributed by atoms with Gasteiger partial charge < -0.3 is 10.0 Å². The minimum absolute atomic E-state index is 0.0278. The number of fused-ring (bicyclic) bond motifs is 2. The lowest BCUT2D eigenvalue weighted by atomic mass is 9.81. The average Bonchev–Trinajstić information content (AvgIpc) is 3.18. The summed E-state index contributed by atoms with van der Waals surface area (Å²) in [6.07, 6.45) is 3.47. The number of carbonyl (C=O) groups is 2. The topological polar surface area (TPSA) is 60.9 Å². The summed E-state index contributed by atoms with van der Waals surface area (Å²) < 4.78 is 0. The van der Waals surface area contributed by atoms with Crippen molar-refractivity contribution in [1.82, 2.24) is 4.90 Å². The summed E-state index contributed by atoms with van der Waals surface area (Å²) >= 11 is 0. The summed E-state index contributed by atoms with van der Waals surface area (Å²) in [7, 11) is 0. The highest BCUT2D eigenvalue weighted by Crippen LogP contribution is 2.49. The van der Waals surface area contributed by atoms with Crippen molar-refractivity contribution in [3.8, 4) is 0 Å². The Morgan fingerprint density at radius 3 is 2.86 bits per heavy atom. The van der Waals surface area contributed by atoms with Gasteiger partial charge >= 0.3 is 12.0 Å². The number of nitrogens with zero attached hydrogens (tertiary/aromatic N) is 2. The average molecular weight is 300 g/mol. The van der Waals surface area contributed by atoms with Gasteiger partial charge in [0, 0.05) is 25.3 Å². The fourth-order valence-electron chi connectivity index (χ4n) is 4.49. The molecule has 0 spiro atoms. The van der Waals surface area contributed by atoms with Crippen molar-refractivity contribution in [2.45, 2.75) is 25.7 Å². The standard InChI is InChI=1S/C17H20N2O3/c20-15(21)17-8-3-5-13(17)10-18(11-17)16(22)19-9-7-12-4-1-2-6-14(12)19/h1-2,4,6,13H,3,5,7-11H2,(H,20,21)/t13-,17+/m0/s1. The Bertz CT molecular complexity index is 645. The Balaban J connectivity index is 1.57.